The highest BCUT2D eigenvalue weighted by Crippen LogP contribution is 2.31. The SMILES string of the molecule is Cc1nn(-c2ccc(F)cc2)c2sc(C(=O)N[C@@H]3CC[C@H](C(=O)O)C3)cc12. The third-order valence-electron chi connectivity index (χ3n) is 4.96. The predicted molar refractivity (Wildman–Crippen MR) is 99.9 cm³/mol. The molecule has 4 rings (SSSR count). The van der Waals surface area contributed by atoms with Crippen LogP contribution in [0.5, 0.6) is 0 Å². The zero-order valence-electron chi connectivity index (χ0n) is 14.6. The molecule has 1 aromatic carbocycles. The number of amides is 1. The number of nitrogens with one attached hydrogen (secondary N) is 1. The minimum atomic E-state index is -0.802. The van der Waals surface area contributed by atoms with E-state index in [1.165, 1.54) is 23.5 Å². The molecule has 1 saturated carbocycles. The number of hydrogen-bond donors (Lipinski definition) is 2. The van der Waals surface area contributed by atoms with E-state index in [1.54, 1.807) is 22.9 Å². The predicted octanol–water partition coefficient (Wildman–Crippen LogP) is 3.52. The van der Waals surface area contributed by atoms with Crippen LogP contribution in [-0.4, -0.2) is 32.8 Å². The molecule has 140 valence electrons. The molecule has 0 radical (unpaired) electrons. The van der Waals surface area contributed by atoms with Gasteiger partial charge in [0.15, 0.2) is 0 Å². The third-order valence-corrected chi connectivity index (χ3v) is 6.07. The first-order valence-corrected chi connectivity index (χ1v) is 9.53. The maximum atomic E-state index is 13.2. The number of aryl methyl sites for hydroxylation is 1. The maximum Gasteiger partial charge on any atom is 0.306 e. The lowest BCUT2D eigenvalue weighted by molar-refractivity contribution is -0.141. The lowest BCUT2D eigenvalue weighted by Gasteiger charge is -2.11. The average Bonchev–Trinajstić information content (AvgIpc) is 3.33. The van der Waals surface area contributed by atoms with E-state index < -0.39 is 5.97 Å². The number of carbonyl (C=O) groups excluding carboxylic acids is 1. The van der Waals surface area contributed by atoms with Crippen molar-refractivity contribution in [1.29, 1.82) is 0 Å². The van der Waals surface area contributed by atoms with E-state index in [0.717, 1.165) is 21.6 Å². The van der Waals surface area contributed by atoms with Crippen molar-refractivity contribution < 1.29 is 19.1 Å². The number of fused-ring (bicyclic) bond motifs is 1. The van der Waals surface area contributed by atoms with Crippen LogP contribution in [0.3, 0.4) is 0 Å². The topological polar surface area (TPSA) is 84.2 Å². The van der Waals surface area contributed by atoms with Crippen LogP contribution in [0.2, 0.25) is 0 Å². The molecule has 3 aromatic rings. The molecule has 0 saturated heterocycles. The van der Waals surface area contributed by atoms with Crippen molar-refractivity contribution in [1.82, 2.24) is 15.1 Å². The van der Waals surface area contributed by atoms with Gasteiger partial charge < -0.3 is 10.4 Å². The Kier molecular flexibility index (Phi) is 4.43. The zero-order chi connectivity index (χ0) is 19.1. The number of benzene rings is 1. The van der Waals surface area contributed by atoms with Gasteiger partial charge in [-0.3, -0.25) is 9.59 Å². The summed E-state index contributed by atoms with van der Waals surface area (Å²) in [6.45, 7) is 1.87. The molecular weight excluding hydrogens is 369 g/mol. The Hall–Kier alpha value is -2.74. The number of carbonyl (C=O) groups is 2. The first-order valence-electron chi connectivity index (χ1n) is 8.71. The molecule has 2 aromatic heterocycles. The summed E-state index contributed by atoms with van der Waals surface area (Å²) in [5, 5.41) is 17.4. The van der Waals surface area contributed by atoms with Gasteiger partial charge in [-0.15, -0.1) is 11.3 Å². The Balaban J connectivity index is 1.58. The Morgan fingerprint density at radius 2 is 2.04 bits per heavy atom. The molecule has 2 N–H and O–H groups in total. The van der Waals surface area contributed by atoms with Crippen molar-refractivity contribution in [2.45, 2.75) is 32.2 Å². The molecule has 1 amide bonds. The number of nitrogens with zero attached hydrogens (tertiary/aromatic N) is 2. The number of thiophene rings is 1. The summed E-state index contributed by atoms with van der Waals surface area (Å²) in [5.41, 5.74) is 1.51. The van der Waals surface area contributed by atoms with E-state index in [0.29, 0.717) is 24.1 Å². The fourth-order valence-electron chi connectivity index (χ4n) is 3.51. The summed E-state index contributed by atoms with van der Waals surface area (Å²) in [7, 11) is 0. The van der Waals surface area contributed by atoms with E-state index in [9.17, 15) is 14.0 Å². The largest absolute Gasteiger partial charge is 0.481 e. The number of carboxylic acids is 1. The molecule has 1 aliphatic carbocycles. The number of aromatic nitrogens is 2. The van der Waals surface area contributed by atoms with Crippen LogP contribution in [-0.2, 0) is 4.79 Å². The minimum Gasteiger partial charge on any atom is -0.481 e. The summed E-state index contributed by atoms with van der Waals surface area (Å²) >= 11 is 1.32. The molecule has 1 aliphatic rings. The van der Waals surface area contributed by atoms with Crippen LogP contribution < -0.4 is 5.32 Å². The third kappa shape index (κ3) is 3.32. The molecule has 0 unspecified atom stereocenters. The van der Waals surface area contributed by atoms with Gasteiger partial charge in [0.05, 0.1) is 22.2 Å². The van der Waals surface area contributed by atoms with Crippen molar-refractivity contribution in [3.8, 4) is 5.69 Å². The fraction of sp³-hybridized carbons (Fsp3) is 0.316. The lowest BCUT2D eigenvalue weighted by Crippen LogP contribution is -2.32. The van der Waals surface area contributed by atoms with E-state index in [2.05, 4.69) is 10.4 Å². The second-order valence-electron chi connectivity index (χ2n) is 6.82. The van der Waals surface area contributed by atoms with Gasteiger partial charge in [0, 0.05) is 11.4 Å². The van der Waals surface area contributed by atoms with Crippen LogP contribution in [0.1, 0.15) is 34.6 Å². The van der Waals surface area contributed by atoms with Gasteiger partial charge in [-0.05, 0) is 56.5 Å². The summed E-state index contributed by atoms with van der Waals surface area (Å²) < 4.78 is 14.9. The Labute approximate surface area is 158 Å². The second kappa shape index (κ2) is 6.77. The summed E-state index contributed by atoms with van der Waals surface area (Å²) in [6, 6.07) is 7.73. The van der Waals surface area contributed by atoms with E-state index in [1.807, 2.05) is 6.92 Å². The molecule has 2 heterocycles. The minimum absolute atomic E-state index is 0.112. The van der Waals surface area contributed by atoms with Gasteiger partial charge in [0.2, 0.25) is 0 Å². The molecule has 1 fully saturated rings. The first kappa shape index (κ1) is 17.7. The van der Waals surface area contributed by atoms with Crippen molar-refractivity contribution in [2.24, 2.45) is 5.92 Å². The average molecular weight is 387 g/mol. The quantitative estimate of drug-likeness (QED) is 0.717. The summed E-state index contributed by atoms with van der Waals surface area (Å²) in [6.07, 6.45) is 1.73. The van der Waals surface area contributed by atoms with Gasteiger partial charge in [-0.25, -0.2) is 9.07 Å². The van der Waals surface area contributed by atoms with Gasteiger partial charge in [0.25, 0.3) is 5.91 Å². The number of halogens is 1. The molecule has 6 nitrogen and oxygen atoms in total. The maximum absolute atomic E-state index is 13.2. The van der Waals surface area contributed by atoms with Gasteiger partial charge in [-0.1, -0.05) is 0 Å². The highest BCUT2D eigenvalue weighted by Gasteiger charge is 2.31. The van der Waals surface area contributed by atoms with Crippen molar-refractivity contribution in [3.63, 3.8) is 0 Å². The summed E-state index contributed by atoms with van der Waals surface area (Å²) in [5.74, 6) is -1.70. The molecule has 27 heavy (non-hydrogen) atoms. The molecule has 0 spiro atoms. The Bertz CT molecular complexity index is 1020. The van der Waals surface area contributed by atoms with Crippen LogP contribution in [0.4, 0.5) is 4.39 Å². The molecule has 8 heteroatoms. The smallest absolute Gasteiger partial charge is 0.306 e. The van der Waals surface area contributed by atoms with Crippen LogP contribution >= 0.6 is 11.3 Å². The highest BCUT2D eigenvalue weighted by molar-refractivity contribution is 7.20. The fourth-order valence-corrected chi connectivity index (χ4v) is 4.60. The second-order valence-corrected chi connectivity index (χ2v) is 7.85. The van der Waals surface area contributed by atoms with Gasteiger partial charge in [-0.2, -0.15) is 5.10 Å². The lowest BCUT2D eigenvalue weighted by atomic mass is 10.1. The molecule has 2 atom stereocenters. The van der Waals surface area contributed by atoms with Gasteiger partial charge in [0.1, 0.15) is 10.6 Å². The zero-order valence-corrected chi connectivity index (χ0v) is 15.4. The van der Waals surface area contributed by atoms with Crippen LogP contribution in [0.15, 0.2) is 30.3 Å². The van der Waals surface area contributed by atoms with Crippen molar-refractivity contribution in [2.75, 3.05) is 0 Å². The number of carboxylic acid groups (broad SMARTS) is 1. The molecular formula is C19H18FN3O3S. The number of rotatable bonds is 4. The Morgan fingerprint density at radius 1 is 1.30 bits per heavy atom. The highest BCUT2D eigenvalue weighted by atomic mass is 32.1. The first-order chi connectivity index (χ1) is 12.9. The molecule has 0 bridgehead atoms. The van der Waals surface area contributed by atoms with Crippen molar-refractivity contribution in [3.05, 3.63) is 46.7 Å². The van der Waals surface area contributed by atoms with E-state index in [-0.39, 0.29) is 23.7 Å². The number of aliphatic carboxylic acids is 1. The molecule has 0 aliphatic heterocycles. The monoisotopic (exact) mass is 387 g/mol. The Morgan fingerprint density at radius 3 is 2.70 bits per heavy atom. The van der Waals surface area contributed by atoms with E-state index >= 15 is 0 Å². The standard InChI is InChI=1S/C19H18FN3O3S/c1-10-15-9-16(17(24)21-13-5-2-11(8-13)19(25)26)27-18(15)23(22-10)14-6-3-12(20)4-7-14/h3-4,6-7,9,11,13H,2,5,8H2,1H3,(H,21,24)(H,25,26)/t11-,13+/m0/s1. The summed E-state index contributed by atoms with van der Waals surface area (Å²) in [4.78, 5) is 25.1. The van der Waals surface area contributed by atoms with Crippen molar-refractivity contribution >= 4 is 33.4 Å². The van der Waals surface area contributed by atoms with Crippen LogP contribution in [0.25, 0.3) is 15.9 Å². The number of hydrogen-bond acceptors (Lipinski definition) is 4. The van der Waals surface area contributed by atoms with E-state index in [4.69, 9.17) is 5.11 Å². The normalized spacial score (nSPS) is 19.5. The van der Waals surface area contributed by atoms with Crippen LogP contribution in [0, 0.1) is 18.7 Å². The van der Waals surface area contributed by atoms with Gasteiger partial charge >= 0.3 is 5.97 Å².